The Morgan fingerprint density at radius 1 is 1.16 bits per heavy atom. The molecule has 4 atom stereocenters. The lowest BCUT2D eigenvalue weighted by atomic mass is 9.77. The number of β-lactam (4-membered cyclic amide) rings is 1. The number of aliphatic hydroxyl groups is 1. The van der Waals surface area contributed by atoms with E-state index in [1.54, 1.807) is 30.0 Å². The van der Waals surface area contributed by atoms with Crippen LogP contribution in [0.3, 0.4) is 0 Å². The van der Waals surface area contributed by atoms with Crippen LogP contribution in [0, 0.1) is 11.8 Å². The van der Waals surface area contributed by atoms with Crippen molar-refractivity contribution in [3.05, 3.63) is 83.1 Å². The second kappa shape index (κ2) is 8.71. The minimum Gasteiger partial charge on any atom is -0.477 e. The number of carbonyl (C=O) groups is 3. The molecule has 0 bridgehead atoms. The zero-order chi connectivity index (χ0) is 26.9. The molecule has 2 aliphatic heterocycles. The van der Waals surface area contributed by atoms with Gasteiger partial charge in [-0.1, -0.05) is 37.3 Å². The number of aromatic nitrogens is 3. The van der Waals surface area contributed by atoms with Crippen LogP contribution in [-0.2, 0) is 16.6 Å². The van der Waals surface area contributed by atoms with Gasteiger partial charge >= 0.3 is 5.97 Å². The number of benzene rings is 1. The molecule has 2 aliphatic rings. The predicted octanol–water partition coefficient (Wildman–Crippen LogP) is 2.77. The molecule has 0 spiro atoms. The third kappa shape index (κ3) is 3.52. The van der Waals surface area contributed by atoms with E-state index in [1.165, 1.54) is 16.2 Å². The van der Waals surface area contributed by atoms with Gasteiger partial charge in [0.25, 0.3) is 0 Å². The van der Waals surface area contributed by atoms with Crippen molar-refractivity contribution < 1.29 is 29.2 Å². The second-order valence-electron chi connectivity index (χ2n) is 9.90. The number of aryl methyl sites for hydroxylation is 1. The monoisotopic (exact) mass is 529 g/mol. The van der Waals surface area contributed by atoms with Gasteiger partial charge in [0, 0.05) is 23.3 Å². The van der Waals surface area contributed by atoms with Crippen molar-refractivity contribution in [3.8, 4) is 11.1 Å². The van der Waals surface area contributed by atoms with E-state index in [-0.39, 0.29) is 29.0 Å². The van der Waals surface area contributed by atoms with Crippen molar-refractivity contribution >= 4 is 39.4 Å². The summed E-state index contributed by atoms with van der Waals surface area (Å²) in [6.07, 6.45) is 6.13. The fraction of sp³-hybridized carbons (Fsp3) is 0.250. The van der Waals surface area contributed by atoms with Crippen LogP contribution < -0.4 is 4.57 Å². The average molecular weight is 530 g/mol. The molecule has 1 aromatic carbocycles. The summed E-state index contributed by atoms with van der Waals surface area (Å²) in [6.45, 7) is 3.43. The molecule has 1 fully saturated rings. The molecule has 192 valence electrons. The van der Waals surface area contributed by atoms with E-state index >= 15 is 0 Å². The number of thiazole rings is 1. The molecule has 0 unspecified atom stereocenters. The number of carboxylic acid groups (broad SMARTS) is 1. The summed E-state index contributed by atoms with van der Waals surface area (Å²) in [4.78, 5) is 45.5. The van der Waals surface area contributed by atoms with Crippen LogP contribution in [0.5, 0.6) is 0 Å². The number of rotatable bonds is 6. The van der Waals surface area contributed by atoms with E-state index in [4.69, 9.17) is 0 Å². The smallest absolute Gasteiger partial charge is 0.352 e. The fourth-order valence-corrected chi connectivity index (χ4v) is 6.96. The third-order valence-corrected chi connectivity index (χ3v) is 8.57. The number of aliphatic hydroxyl groups excluding tert-OH is 1. The molecular formula is C28H25N4O5S+. The van der Waals surface area contributed by atoms with Gasteiger partial charge < -0.3 is 15.1 Å². The van der Waals surface area contributed by atoms with Gasteiger partial charge in [-0.25, -0.2) is 14.3 Å². The number of pyridine rings is 1. The van der Waals surface area contributed by atoms with E-state index in [0.29, 0.717) is 20.8 Å². The molecule has 10 heteroatoms. The Kier molecular flexibility index (Phi) is 5.55. The third-order valence-electron chi connectivity index (χ3n) is 7.43. The Labute approximate surface area is 221 Å². The Balaban J connectivity index is 1.41. The number of carboxylic acids is 1. The van der Waals surface area contributed by atoms with Crippen LogP contribution in [0.2, 0.25) is 0 Å². The van der Waals surface area contributed by atoms with Crippen molar-refractivity contribution in [1.29, 1.82) is 0 Å². The lowest BCUT2D eigenvalue weighted by Crippen LogP contribution is -2.63. The summed E-state index contributed by atoms with van der Waals surface area (Å²) in [5.74, 6) is -2.75. The minimum atomic E-state index is -1.19. The first kappa shape index (κ1) is 24.2. The van der Waals surface area contributed by atoms with E-state index in [2.05, 4.69) is 4.98 Å². The fourth-order valence-electron chi connectivity index (χ4n) is 5.74. The first-order chi connectivity index (χ1) is 18.2. The van der Waals surface area contributed by atoms with E-state index < -0.39 is 24.0 Å². The minimum absolute atomic E-state index is 0.0580. The van der Waals surface area contributed by atoms with Crippen LogP contribution in [0.25, 0.3) is 21.5 Å². The topological polar surface area (TPSA) is 116 Å². The largest absolute Gasteiger partial charge is 0.477 e. The van der Waals surface area contributed by atoms with Gasteiger partial charge in [-0.3, -0.25) is 14.0 Å². The Morgan fingerprint density at radius 2 is 1.89 bits per heavy atom. The van der Waals surface area contributed by atoms with Crippen LogP contribution in [0.1, 0.15) is 34.8 Å². The standard InChI is InChI=1S/C28H24N4O5S/c1-14-20(24(28(36)37)32-23(14)21(15(2)33)26(32)35)19-12-31-13-29-22(27(31)38-19)25(34)18-9-17(10-30(3)11-18)16-7-5-4-6-8-16/h4-15,21,23,33H,1-3H3/p+1/t14-,15+,21+,23+/m0/s1. The van der Waals surface area contributed by atoms with Crippen LogP contribution in [0.15, 0.2) is 67.0 Å². The first-order valence-electron chi connectivity index (χ1n) is 12.2. The van der Waals surface area contributed by atoms with Crippen molar-refractivity contribution in [2.75, 3.05) is 0 Å². The van der Waals surface area contributed by atoms with Gasteiger partial charge in [0.2, 0.25) is 11.7 Å². The molecule has 0 radical (unpaired) electrons. The zero-order valence-electron chi connectivity index (χ0n) is 20.9. The molecule has 3 aromatic heterocycles. The number of aliphatic carboxylic acids is 1. The van der Waals surface area contributed by atoms with E-state index in [9.17, 15) is 24.6 Å². The molecule has 4 aromatic rings. The quantitative estimate of drug-likeness (QED) is 0.225. The molecule has 5 heterocycles. The summed E-state index contributed by atoms with van der Waals surface area (Å²) in [7, 11) is 1.86. The first-order valence-corrected chi connectivity index (χ1v) is 13.0. The molecule has 9 nitrogen and oxygen atoms in total. The zero-order valence-corrected chi connectivity index (χ0v) is 21.7. The predicted molar refractivity (Wildman–Crippen MR) is 139 cm³/mol. The number of amides is 1. The maximum Gasteiger partial charge on any atom is 0.352 e. The highest BCUT2D eigenvalue weighted by molar-refractivity contribution is 7.18. The second-order valence-corrected chi connectivity index (χ2v) is 10.9. The summed E-state index contributed by atoms with van der Waals surface area (Å²) < 4.78 is 3.56. The summed E-state index contributed by atoms with van der Waals surface area (Å²) in [6, 6.07) is 11.2. The summed E-state index contributed by atoms with van der Waals surface area (Å²) >= 11 is 1.27. The van der Waals surface area contributed by atoms with Gasteiger partial charge in [0.1, 0.15) is 29.6 Å². The molecule has 0 aliphatic carbocycles. The van der Waals surface area contributed by atoms with Crippen LogP contribution in [0.4, 0.5) is 0 Å². The van der Waals surface area contributed by atoms with Crippen molar-refractivity contribution in [2.24, 2.45) is 18.9 Å². The van der Waals surface area contributed by atoms with Gasteiger partial charge in [-0.05, 0) is 18.6 Å². The number of ketones is 1. The normalized spacial score (nSPS) is 21.5. The number of carbonyl (C=O) groups excluding carboxylic acids is 2. The van der Waals surface area contributed by atoms with Gasteiger partial charge in [-0.2, -0.15) is 0 Å². The molecular weight excluding hydrogens is 504 g/mol. The van der Waals surface area contributed by atoms with Gasteiger partial charge in [0.05, 0.1) is 28.5 Å². The number of hydrogen-bond donors (Lipinski definition) is 2. The van der Waals surface area contributed by atoms with Crippen molar-refractivity contribution in [2.45, 2.75) is 26.0 Å². The molecule has 0 saturated carbocycles. The maximum absolute atomic E-state index is 13.6. The maximum atomic E-state index is 13.6. The number of fused-ring (bicyclic) bond motifs is 2. The van der Waals surface area contributed by atoms with Gasteiger partial charge in [-0.15, -0.1) is 11.3 Å². The van der Waals surface area contributed by atoms with Crippen molar-refractivity contribution in [1.82, 2.24) is 14.3 Å². The highest BCUT2D eigenvalue weighted by atomic mass is 32.1. The lowest BCUT2D eigenvalue weighted by Gasteiger charge is -2.46. The highest BCUT2D eigenvalue weighted by Crippen LogP contribution is 2.51. The number of nitrogens with zero attached hydrogens (tertiary/aromatic N) is 4. The Morgan fingerprint density at radius 3 is 2.58 bits per heavy atom. The number of imidazole rings is 1. The van der Waals surface area contributed by atoms with Gasteiger partial charge in [0.15, 0.2) is 12.4 Å². The molecule has 2 N–H and O–H groups in total. The van der Waals surface area contributed by atoms with Crippen molar-refractivity contribution in [3.63, 3.8) is 0 Å². The van der Waals surface area contributed by atoms with Crippen LogP contribution >= 0.6 is 11.3 Å². The number of hydrogen-bond acceptors (Lipinski definition) is 6. The summed E-state index contributed by atoms with van der Waals surface area (Å²) in [5, 5.41) is 20.1. The summed E-state index contributed by atoms with van der Waals surface area (Å²) in [5.41, 5.74) is 3.12. The SMILES string of the molecule is C[C@@H](O)[C@H]1C(=O)N2C(C(=O)O)=C(c3cn4cnc(C(=O)c5cc(-c6ccccc6)c[n+](C)c5)c4s3)[C@H](C)[C@H]12. The molecule has 1 saturated heterocycles. The Hall–Kier alpha value is -4.15. The average Bonchev–Trinajstić information content (AvgIpc) is 3.53. The van der Waals surface area contributed by atoms with Crippen LogP contribution in [-0.4, -0.2) is 54.3 Å². The Bertz CT molecular complexity index is 1670. The molecule has 1 amide bonds. The van der Waals surface area contributed by atoms with E-state index in [1.807, 2.05) is 61.1 Å². The lowest BCUT2D eigenvalue weighted by molar-refractivity contribution is -0.671. The van der Waals surface area contributed by atoms with E-state index in [0.717, 1.165) is 11.1 Å². The molecule has 6 rings (SSSR count). The molecule has 38 heavy (non-hydrogen) atoms. The highest BCUT2D eigenvalue weighted by Gasteiger charge is 2.60.